The van der Waals surface area contributed by atoms with E-state index in [4.69, 9.17) is 11.1 Å². The lowest BCUT2D eigenvalue weighted by Gasteiger charge is -2.22. The van der Waals surface area contributed by atoms with E-state index in [1.54, 1.807) is 18.2 Å². The third-order valence-corrected chi connectivity index (χ3v) is 5.43. The molecule has 1 aliphatic carbocycles. The molecule has 1 heterocycles. The standard InChI is InChI=1S/C26H27F3N4/c1-3-19(14-25-21(28)8-5-13-32-25)33-16(2)20-6-4-7-22(29)26(20)24(31)15-23(30)17-9-11-18(27)12-10-17/h4-11,13,15,18-19,30,33H,2-3,12,14,31H2,1H3. The number of nitrogens with one attached hydrogen (secondary N) is 2. The Labute approximate surface area is 191 Å². The first-order valence-corrected chi connectivity index (χ1v) is 10.7. The normalized spacial score (nSPS) is 16.8. The molecule has 0 amide bonds. The molecule has 0 fully saturated rings. The van der Waals surface area contributed by atoms with Gasteiger partial charge in [-0.25, -0.2) is 13.2 Å². The average Bonchev–Trinajstić information content (AvgIpc) is 2.80. The fourth-order valence-corrected chi connectivity index (χ4v) is 3.60. The van der Waals surface area contributed by atoms with Crippen LogP contribution in [0.15, 0.2) is 73.0 Å². The van der Waals surface area contributed by atoms with Gasteiger partial charge in [-0.15, -0.1) is 0 Å². The molecule has 172 valence electrons. The van der Waals surface area contributed by atoms with Crippen molar-refractivity contribution in [2.24, 2.45) is 5.73 Å². The summed E-state index contributed by atoms with van der Waals surface area (Å²) >= 11 is 0. The second-order valence-corrected chi connectivity index (χ2v) is 7.81. The monoisotopic (exact) mass is 452 g/mol. The maximum absolute atomic E-state index is 14.8. The average molecular weight is 453 g/mol. The number of nitrogens with two attached hydrogens (primary N) is 1. The summed E-state index contributed by atoms with van der Waals surface area (Å²) in [5, 5.41) is 11.5. The lowest BCUT2D eigenvalue weighted by molar-refractivity contribution is 0.401. The van der Waals surface area contributed by atoms with Crippen molar-refractivity contribution >= 4 is 17.1 Å². The molecule has 1 aromatic heterocycles. The van der Waals surface area contributed by atoms with Gasteiger partial charge in [0.25, 0.3) is 0 Å². The molecular weight excluding hydrogens is 425 g/mol. The van der Waals surface area contributed by atoms with Crippen LogP contribution in [0.1, 0.15) is 36.6 Å². The summed E-state index contributed by atoms with van der Waals surface area (Å²) in [6.07, 6.45) is 7.51. The van der Waals surface area contributed by atoms with Crippen molar-refractivity contribution in [2.75, 3.05) is 0 Å². The highest BCUT2D eigenvalue weighted by atomic mass is 19.1. The van der Waals surface area contributed by atoms with Crippen LogP contribution >= 0.6 is 0 Å². The first kappa shape index (κ1) is 24.0. The van der Waals surface area contributed by atoms with Gasteiger partial charge in [-0.2, -0.15) is 0 Å². The molecule has 33 heavy (non-hydrogen) atoms. The van der Waals surface area contributed by atoms with Gasteiger partial charge in [0.1, 0.15) is 17.8 Å². The summed E-state index contributed by atoms with van der Waals surface area (Å²) in [7, 11) is 0. The van der Waals surface area contributed by atoms with Crippen LogP contribution < -0.4 is 11.1 Å². The Morgan fingerprint density at radius 1 is 1.30 bits per heavy atom. The van der Waals surface area contributed by atoms with Gasteiger partial charge in [0, 0.05) is 47.6 Å². The summed E-state index contributed by atoms with van der Waals surface area (Å²) in [5.41, 5.74) is 8.14. The first-order chi connectivity index (χ1) is 15.8. The highest BCUT2D eigenvalue weighted by molar-refractivity contribution is 6.11. The second kappa shape index (κ2) is 10.8. The number of allylic oxidation sites excluding steroid dienone is 5. The van der Waals surface area contributed by atoms with Gasteiger partial charge in [0.05, 0.1) is 11.4 Å². The van der Waals surface area contributed by atoms with E-state index in [1.165, 1.54) is 42.6 Å². The predicted octanol–water partition coefficient (Wildman–Crippen LogP) is 5.49. The van der Waals surface area contributed by atoms with E-state index in [2.05, 4.69) is 16.9 Å². The molecule has 0 saturated heterocycles. The van der Waals surface area contributed by atoms with Crippen LogP contribution in [-0.2, 0) is 6.42 Å². The molecule has 4 nitrogen and oxygen atoms in total. The fraction of sp³-hybridized carbons (Fsp3) is 0.231. The van der Waals surface area contributed by atoms with Crippen molar-refractivity contribution in [1.82, 2.24) is 10.3 Å². The zero-order chi connectivity index (χ0) is 24.0. The van der Waals surface area contributed by atoms with Gasteiger partial charge in [-0.3, -0.25) is 4.98 Å². The summed E-state index contributed by atoms with van der Waals surface area (Å²) in [4.78, 5) is 4.10. The number of rotatable bonds is 9. The van der Waals surface area contributed by atoms with E-state index >= 15 is 0 Å². The lowest BCUT2D eigenvalue weighted by atomic mass is 9.97. The third kappa shape index (κ3) is 6.00. The number of benzene rings is 1. The van der Waals surface area contributed by atoms with Gasteiger partial charge < -0.3 is 16.5 Å². The zero-order valence-electron chi connectivity index (χ0n) is 18.4. The molecule has 1 aliphatic rings. The van der Waals surface area contributed by atoms with Gasteiger partial charge in [-0.1, -0.05) is 37.8 Å². The smallest absolute Gasteiger partial charge is 0.144 e. The van der Waals surface area contributed by atoms with Gasteiger partial charge in [0.2, 0.25) is 0 Å². The van der Waals surface area contributed by atoms with E-state index < -0.39 is 12.0 Å². The first-order valence-electron chi connectivity index (χ1n) is 10.7. The minimum absolute atomic E-state index is 0.0524. The van der Waals surface area contributed by atoms with E-state index in [-0.39, 0.29) is 35.3 Å². The molecular formula is C26H27F3N4. The number of alkyl halides is 1. The second-order valence-electron chi connectivity index (χ2n) is 7.81. The van der Waals surface area contributed by atoms with Crippen molar-refractivity contribution in [3.05, 3.63) is 101 Å². The Morgan fingerprint density at radius 3 is 2.73 bits per heavy atom. The van der Waals surface area contributed by atoms with E-state index in [0.717, 1.165) is 0 Å². The van der Waals surface area contributed by atoms with E-state index in [1.807, 2.05) is 6.92 Å². The van der Waals surface area contributed by atoms with Gasteiger partial charge in [0.15, 0.2) is 0 Å². The fourth-order valence-electron chi connectivity index (χ4n) is 3.60. The van der Waals surface area contributed by atoms with Gasteiger partial charge in [-0.05, 0) is 42.3 Å². The van der Waals surface area contributed by atoms with Crippen molar-refractivity contribution in [2.45, 2.75) is 38.4 Å². The molecule has 1 aromatic carbocycles. The number of halogens is 3. The van der Waals surface area contributed by atoms with Crippen LogP contribution in [0.5, 0.6) is 0 Å². The minimum atomic E-state index is -1.07. The number of hydrogen-bond acceptors (Lipinski definition) is 4. The minimum Gasteiger partial charge on any atom is -0.398 e. The van der Waals surface area contributed by atoms with Crippen molar-refractivity contribution < 1.29 is 13.2 Å². The third-order valence-electron chi connectivity index (χ3n) is 5.43. The number of nitrogens with zero attached hydrogens (tertiary/aromatic N) is 1. The van der Waals surface area contributed by atoms with Crippen molar-refractivity contribution in [3.63, 3.8) is 0 Å². The van der Waals surface area contributed by atoms with Crippen LogP contribution in [0.3, 0.4) is 0 Å². The van der Waals surface area contributed by atoms with E-state index in [0.29, 0.717) is 35.4 Å². The summed E-state index contributed by atoms with van der Waals surface area (Å²) < 4.78 is 42.2. The highest BCUT2D eigenvalue weighted by Gasteiger charge is 2.18. The maximum Gasteiger partial charge on any atom is 0.144 e. The number of hydrogen-bond donors (Lipinski definition) is 3. The van der Waals surface area contributed by atoms with Crippen LogP contribution in [0.4, 0.5) is 13.2 Å². The quantitative estimate of drug-likeness (QED) is 0.441. The van der Waals surface area contributed by atoms with Crippen LogP contribution in [0.2, 0.25) is 0 Å². The van der Waals surface area contributed by atoms with E-state index in [9.17, 15) is 13.2 Å². The molecule has 7 heteroatoms. The highest BCUT2D eigenvalue weighted by Crippen LogP contribution is 2.26. The molecule has 3 rings (SSSR count). The van der Waals surface area contributed by atoms with Crippen molar-refractivity contribution in [1.29, 1.82) is 5.41 Å². The number of pyridine rings is 1. The van der Waals surface area contributed by atoms with Gasteiger partial charge >= 0.3 is 0 Å². The van der Waals surface area contributed by atoms with Crippen LogP contribution in [0.25, 0.3) is 11.4 Å². The Morgan fingerprint density at radius 2 is 2.06 bits per heavy atom. The molecule has 2 atom stereocenters. The molecule has 0 aliphatic heterocycles. The molecule has 2 aromatic rings. The molecule has 0 radical (unpaired) electrons. The number of aromatic nitrogens is 1. The zero-order valence-corrected chi connectivity index (χ0v) is 18.4. The predicted molar refractivity (Wildman–Crippen MR) is 127 cm³/mol. The Balaban J connectivity index is 1.83. The lowest BCUT2D eigenvalue weighted by Crippen LogP contribution is -2.30. The molecule has 4 N–H and O–H groups in total. The molecule has 0 bridgehead atoms. The topological polar surface area (TPSA) is 74.8 Å². The molecule has 2 unspecified atom stereocenters. The SMILES string of the molecule is C=C(NC(CC)Cc1ncccc1F)c1cccc(F)c1C(N)=CC(=N)C1=CCC(F)C=C1. The molecule has 0 spiro atoms. The largest absolute Gasteiger partial charge is 0.398 e. The summed E-state index contributed by atoms with van der Waals surface area (Å²) in [5.74, 6) is -0.941. The Bertz CT molecular complexity index is 1130. The van der Waals surface area contributed by atoms with Crippen LogP contribution in [-0.4, -0.2) is 22.9 Å². The summed E-state index contributed by atoms with van der Waals surface area (Å²) in [6, 6.07) is 7.22. The van der Waals surface area contributed by atoms with Crippen LogP contribution in [0, 0.1) is 17.0 Å². The Hall–Kier alpha value is -3.61. The van der Waals surface area contributed by atoms with Crippen molar-refractivity contribution in [3.8, 4) is 0 Å². The maximum atomic E-state index is 14.8. The summed E-state index contributed by atoms with van der Waals surface area (Å²) in [6.45, 7) is 5.99. The Kier molecular flexibility index (Phi) is 7.87. The molecule has 0 saturated carbocycles.